The smallest absolute Gasteiger partial charge is 0.338 e. The van der Waals surface area contributed by atoms with Crippen molar-refractivity contribution in [3.05, 3.63) is 77.1 Å². The maximum Gasteiger partial charge on any atom is 0.338 e. The highest BCUT2D eigenvalue weighted by atomic mass is 32.1. The van der Waals surface area contributed by atoms with Crippen molar-refractivity contribution in [2.24, 2.45) is 4.99 Å². The molecule has 0 unspecified atom stereocenters. The van der Waals surface area contributed by atoms with Crippen molar-refractivity contribution >= 4 is 34.7 Å². The minimum atomic E-state index is -0.562. The van der Waals surface area contributed by atoms with Crippen molar-refractivity contribution in [3.8, 4) is 11.5 Å². The van der Waals surface area contributed by atoms with E-state index >= 15 is 0 Å². The van der Waals surface area contributed by atoms with Crippen LogP contribution in [0.4, 0.5) is 0 Å². The molecule has 3 aromatic rings. The molecular weight excluding hydrogens is 424 g/mol. The number of thiophene rings is 1. The number of aromatic nitrogens is 1. The van der Waals surface area contributed by atoms with E-state index in [4.69, 9.17) is 14.2 Å². The van der Waals surface area contributed by atoms with Crippen LogP contribution in [0, 0.1) is 0 Å². The maximum absolute atomic E-state index is 13.4. The summed E-state index contributed by atoms with van der Waals surface area (Å²) in [5.41, 5.74) is 1.54. The molecule has 0 spiro atoms. The van der Waals surface area contributed by atoms with Crippen LogP contribution in [-0.2, 0) is 9.53 Å². The van der Waals surface area contributed by atoms with Crippen molar-refractivity contribution in [1.82, 2.24) is 4.57 Å². The van der Waals surface area contributed by atoms with E-state index in [1.165, 1.54) is 29.8 Å². The van der Waals surface area contributed by atoms with Gasteiger partial charge in [-0.3, -0.25) is 9.36 Å². The largest absolute Gasteiger partial charge is 0.466 e. The maximum atomic E-state index is 13.4. The van der Waals surface area contributed by atoms with Gasteiger partial charge >= 0.3 is 5.97 Å². The number of ether oxygens (including phenoxy) is 3. The molecule has 0 saturated heterocycles. The molecule has 9 heteroatoms. The lowest BCUT2D eigenvalue weighted by Crippen LogP contribution is -2.39. The number of carbonyl (C=O) groups excluding carboxylic acids is 1. The molecule has 0 aliphatic carbocycles. The molecule has 0 amide bonds. The first kappa shape index (κ1) is 18.8. The van der Waals surface area contributed by atoms with Crippen LogP contribution in [-0.4, -0.2) is 24.4 Å². The van der Waals surface area contributed by atoms with E-state index < -0.39 is 12.0 Å². The second-order valence-corrected chi connectivity index (χ2v) is 8.69. The summed E-state index contributed by atoms with van der Waals surface area (Å²) in [5, 5.41) is 1.92. The molecule has 7 nitrogen and oxygen atoms in total. The van der Waals surface area contributed by atoms with E-state index in [2.05, 4.69) is 4.99 Å². The van der Waals surface area contributed by atoms with Gasteiger partial charge in [-0.15, -0.1) is 11.3 Å². The van der Waals surface area contributed by atoms with Crippen LogP contribution in [0.2, 0.25) is 0 Å². The van der Waals surface area contributed by atoms with Gasteiger partial charge in [0.15, 0.2) is 16.3 Å². The van der Waals surface area contributed by atoms with E-state index in [0.29, 0.717) is 32.1 Å². The fraction of sp³-hybridized carbons (Fsp3) is 0.190. The van der Waals surface area contributed by atoms with E-state index in [0.717, 1.165) is 10.4 Å². The zero-order valence-electron chi connectivity index (χ0n) is 16.1. The SMILES string of the molecule is COC(=O)C1=C(C)N=c2s/c(=C/c3ccc4c(c3)OCO4)c(=O)n2[C@@H]1c1cccs1. The molecule has 1 atom stereocenters. The van der Waals surface area contributed by atoms with Gasteiger partial charge in [-0.1, -0.05) is 23.5 Å². The van der Waals surface area contributed by atoms with Gasteiger partial charge in [-0.05, 0) is 42.1 Å². The highest BCUT2D eigenvalue weighted by molar-refractivity contribution is 7.10. The summed E-state index contributed by atoms with van der Waals surface area (Å²) in [6, 6.07) is 8.76. The molecule has 0 saturated carbocycles. The Morgan fingerprint density at radius 1 is 1.30 bits per heavy atom. The van der Waals surface area contributed by atoms with Gasteiger partial charge in [-0.25, -0.2) is 9.79 Å². The second kappa shape index (κ2) is 7.26. The second-order valence-electron chi connectivity index (χ2n) is 6.70. The summed E-state index contributed by atoms with van der Waals surface area (Å²) in [7, 11) is 1.33. The Morgan fingerprint density at radius 2 is 2.13 bits per heavy atom. The van der Waals surface area contributed by atoms with Crippen LogP contribution in [0.15, 0.2) is 56.8 Å². The Balaban J connectivity index is 1.70. The molecular formula is C21H16N2O5S2. The average molecular weight is 441 g/mol. The molecule has 0 fully saturated rings. The normalized spacial score (nSPS) is 17.7. The van der Waals surface area contributed by atoms with Crippen molar-refractivity contribution in [1.29, 1.82) is 0 Å². The molecule has 2 aliphatic heterocycles. The summed E-state index contributed by atoms with van der Waals surface area (Å²) in [5.74, 6) is 0.848. The van der Waals surface area contributed by atoms with Crippen LogP contribution < -0.4 is 24.4 Å². The zero-order chi connectivity index (χ0) is 20.8. The fourth-order valence-corrected chi connectivity index (χ4v) is 5.43. The summed E-state index contributed by atoms with van der Waals surface area (Å²) in [4.78, 5) is 31.9. The van der Waals surface area contributed by atoms with Gasteiger partial charge in [0, 0.05) is 4.88 Å². The van der Waals surface area contributed by atoms with Crippen LogP contribution in [0.3, 0.4) is 0 Å². The summed E-state index contributed by atoms with van der Waals surface area (Å²) in [6.45, 7) is 1.96. The lowest BCUT2D eigenvalue weighted by Gasteiger charge is -2.22. The molecule has 0 bridgehead atoms. The highest BCUT2D eigenvalue weighted by Gasteiger charge is 2.33. The first-order valence-corrected chi connectivity index (χ1v) is 10.8. The molecule has 5 rings (SSSR count). The van der Waals surface area contributed by atoms with Gasteiger partial charge in [0.1, 0.15) is 6.04 Å². The van der Waals surface area contributed by atoms with Crippen molar-refractivity contribution in [2.75, 3.05) is 13.9 Å². The molecule has 30 heavy (non-hydrogen) atoms. The van der Waals surface area contributed by atoms with Crippen molar-refractivity contribution < 1.29 is 19.0 Å². The number of hydrogen-bond acceptors (Lipinski definition) is 8. The Kier molecular flexibility index (Phi) is 4.56. The van der Waals surface area contributed by atoms with Crippen LogP contribution in [0.1, 0.15) is 23.4 Å². The lowest BCUT2D eigenvalue weighted by molar-refractivity contribution is -0.136. The predicted molar refractivity (Wildman–Crippen MR) is 113 cm³/mol. The van der Waals surface area contributed by atoms with Gasteiger partial charge in [0.2, 0.25) is 6.79 Å². The molecule has 152 valence electrons. The fourth-order valence-electron chi connectivity index (χ4n) is 3.56. The summed E-state index contributed by atoms with van der Waals surface area (Å²) in [6.07, 6.45) is 1.80. The molecule has 2 aliphatic rings. The first-order valence-electron chi connectivity index (χ1n) is 9.10. The molecule has 4 heterocycles. The number of hydrogen-bond donors (Lipinski definition) is 0. The zero-order valence-corrected chi connectivity index (χ0v) is 17.7. The van der Waals surface area contributed by atoms with Gasteiger partial charge < -0.3 is 14.2 Å². The number of thiazole rings is 1. The monoisotopic (exact) mass is 440 g/mol. The third-order valence-corrected chi connectivity index (χ3v) is 6.84. The van der Waals surface area contributed by atoms with E-state index in [1.807, 2.05) is 35.7 Å². The summed E-state index contributed by atoms with van der Waals surface area (Å²) >= 11 is 2.77. The number of nitrogens with zero attached hydrogens (tertiary/aromatic N) is 2. The standard InChI is InChI=1S/C21H16N2O5S2/c1-11-17(20(25)26-2)18(15-4-3-7-29-15)23-19(24)16(30-21(23)22-11)9-12-5-6-13-14(8-12)28-10-27-13/h3-9,18H,10H2,1-2H3/b16-9+/t18-/m1/s1. The Morgan fingerprint density at radius 3 is 2.90 bits per heavy atom. The van der Waals surface area contributed by atoms with Crippen LogP contribution in [0.5, 0.6) is 11.5 Å². The first-order chi connectivity index (χ1) is 14.6. The third-order valence-electron chi connectivity index (χ3n) is 4.93. The third kappa shape index (κ3) is 2.98. The topological polar surface area (TPSA) is 79.1 Å². The quantitative estimate of drug-likeness (QED) is 0.584. The number of fused-ring (bicyclic) bond motifs is 2. The molecule has 0 N–H and O–H groups in total. The van der Waals surface area contributed by atoms with Gasteiger partial charge in [-0.2, -0.15) is 0 Å². The minimum absolute atomic E-state index is 0.192. The number of methoxy groups -OCH3 is 1. The Hall–Kier alpha value is -3.17. The van der Waals surface area contributed by atoms with E-state index in [-0.39, 0.29) is 12.4 Å². The van der Waals surface area contributed by atoms with E-state index in [9.17, 15) is 9.59 Å². The molecule has 2 aromatic heterocycles. The molecule has 0 radical (unpaired) electrons. The van der Waals surface area contributed by atoms with Crippen molar-refractivity contribution in [2.45, 2.75) is 13.0 Å². The summed E-state index contributed by atoms with van der Waals surface area (Å²) < 4.78 is 17.9. The highest BCUT2D eigenvalue weighted by Crippen LogP contribution is 2.34. The number of allylic oxidation sites excluding steroid dienone is 1. The lowest BCUT2D eigenvalue weighted by atomic mass is 10.0. The van der Waals surface area contributed by atoms with Crippen LogP contribution >= 0.6 is 22.7 Å². The number of esters is 1. The molecule has 1 aromatic carbocycles. The van der Waals surface area contributed by atoms with Gasteiger partial charge in [0.05, 0.1) is 22.9 Å². The van der Waals surface area contributed by atoms with Gasteiger partial charge in [0.25, 0.3) is 5.56 Å². The average Bonchev–Trinajstić information content (AvgIpc) is 3.48. The van der Waals surface area contributed by atoms with Crippen LogP contribution in [0.25, 0.3) is 6.08 Å². The predicted octanol–water partition coefficient (Wildman–Crippen LogP) is 2.20. The number of rotatable bonds is 3. The number of benzene rings is 1. The number of carbonyl (C=O) groups is 1. The Labute approximate surface area is 178 Å². The minimum Gasteiger partial charge on any atom is -0.466 e. The van der Waals surface area contributed by atoms with E-state index in [1.54, 1.807) is 17.6 Å². The van der Waals surface area contributed by atoms with Crippen molar-refractivity contribution in [3.63, 3.8) is 0 Å². The Bertz CT molecular complexity index is 1370.